The number of esters is 1. The SMILES string of the molecule is COC(=O)C1CSCCN1Cc1cc(Br)cnc1N. The van der Waals surface area contributed by atoms with Gasteiger partial charge in [-0.15, -0.1) is 0 Å². The van der Waals surface area contributed by atoms with Crippen LogP contribution in [0.3, 0.4) is 0 Å². The predicted octanol–water partition coefficient (Wildman–Crippen LogP) is 1.52. The molecule has 0 spiro atoms. The number of nitrogens with two attached hydrogens (primary N) is 1. The molecule has 0 saturated carbocycles. The molecule has 2 N–H and O–H groups in total. The van der Waals surface area contributed by atoms with Crippen molar-refractivity contribution in [3.63, 3.8) is 0 Å². The largest absolute Gasteiger partial charge is 0.468 e. The van der Waals surface area contributed by atoms with Crippen molar-refractivity contribution in [2.45, 2.75) is 12.6 Å². The van der Waals surface area contributed by atoms with Crippen LogP contribution in [0.4, 0.5) is 5.82 Å². The number of aromatic nitrogens is 1. The minimum Gasteiger partial charge on any atom is -0.468 e. The summed E-state index contributed by atoms with van der Waals surface area (Å²) in [6, 6.07) is 1.74. The molecule has 19 heavy (non-hydrogen) atoms. The molecule has 1 atom stereocenters. The van der Waals surface area contributed by atoms with Crippen molar-refractivity contribution in [2.75, 3.05) is 30.9 Å². The van der Waals surface area contributed by atoms with Crippen LogP contribution < -0.4 is 5.73 Å². The van der Waals surface area contributed by atoms with Gasteiger partial charge in [-0.05, 0) is 22.0 Å². The summed E-state index contributed by atoms with van der Waals surface area (Å²) in [5.74, 6) is 2.09. The molecule has 1 aromatic rings. The van der Waals surface area contributed by atoms with Crippen LogP contribution in [0.5, 0.6) is 0 Å². The molecule has 1 saturated heterocycles. The smallest absolute Gasteiger partial charge is 0.323 e. The number of thioether (sulfide) groups is 1. The van der Waals surface area contributed by atoms with Crippen LogP contribution in [0.15, 0.2) is 16.7 Å². The molecule has 5 nitrogen and oxygen atoms in total. The number of rotatable bonds is 3. The fourth-order valence-corrected chi connectivity index (χ4v) is 3.50. The van der Waals surface area contributed by atoms with Crippen molar-refractivity contribution in [3.8, 4) is 0 Å². The van der Waals surface area contributed by atoms with Crippen LogP contribution in [0.2, 0.25) is 0 Å². The van der Waals surface area contributed by atoms with Crippen LogP contribution in [0.1, 0.15) is 5.56 Å². The molecule has 0 aliphatic carbocycles. The number of nitrogens with zero attached hydrogens (tertiary/aromatic N) is 2. The lowest BCUT2D eigenvalue weighted by Gasteiger charge is -2.33. The molecule has 2 rings (SSSR count). The molecule has 0 radical (unpaired) electrons. The number of hydrogen-bond donors (Lipinski definition) is 1. The van der Waals surface area contributed by atoms with Crippen LogP contribution in [0.25, 0.3) is 0 Å². The number of halogens is 1. The highest BCUT2D eigenvalue weighted by Gasteiger charge is 2.30. The number of methoxy groups -OCH3 is 1. The maximum absolute atomic E-state index is 11.8. The molecule has 1 fully saturated rings. The summed E-state index contributed by atoms with van der Waals surface area (Å²) < 4.78 is 5.75. The van der Waals surface area contributed by atoms with Crippen LogP contribution in [-0.2, 0) is 16.1 Å². The van der Waals surface area contributed by atoms with Gasteiger partial charge in [-0.1, -0.05) is 0 Å². The highest BCUT2D eigenvalue weighted by molar-refractivity contribution is 9.10. The average molecular weight is 346 g/mol. The van der Waals surface area contributed by atoms with E-state index in [0.717, 1.165) is 28.1 Å². The van der Waals surface area contributed by atoms with E-state index in [1.165, 1.54) is 7.11 Å². The lowest BCUT2D eigenvalue weighted by Crippen LogP contribution is -2.47. The molecule has 1 aliphatic heterocycles. The van der Waals surface area contributed by atoms with Crippen molar-refractivity contribution in [1.82, 2.24) is 9.88 Å². The normalized spacial score (nSPS) is 20.2. The van der Waals surface area contributed by atoms with Crippen molar-refractivity contribution in [1.29, 1.82) is 0 Å². The highest BCUT2D eigenvalue weighted by Crippen LogP contribution is 2.23. The van der Waals surface area contributed by atoms with Gasteiger partial charge in [0.15, 0.2) is 0 Å². The van der Waals surface area contributed by atoms with E-state index in [4.69, 9.17) is 10.5 Å². The molecular weight excluding hydrogens is 330 g/mol. The van der Waals surface area contributed by atoms with E-state index in [0.29, 0.717) is 12.4 Å². The zero-order chi connectivity index (χ0) is 13.8. The Morgan fingerprint density at radius 2 is 2.53 bits per heavy atom. The van der Waals surface area contributed by atoms with Crippen molar-refractivity contribution in [2.24, 2.45) is 0 Å². The third-order valence-corrected chi connectivity index (χ3v) is 4.51. The van der Waals surface area contributed by atoms with Gasteiger partial charge in [0.05, 0.1) is 7.11 Å². The maximum Gasteiger partial charge on any atom is 0.323 e. The quantitative estimate of drug-likeness (QED) is 0.837. The van der Waals surface area contributed by atoms with Crippen molar-refractivity contribution >= 4 is 39.5 Å². The summed E-state index contributed by atoms with van der Waals surface area (Å²) in [6.45, 7) is 1.45. The number of nitrogen functional groups attached to an aromatic ring is 1. The lowest BCUT2D eigenvalue weighted by molar-refractivity contribution is -0.146. The Kier molecular flexibility index (Phi) is 5.06. The molecule has 1 aromatic heterocycles. The van der Waals surface area contributed by atoms with E-state index < -0.39 is 0 Å². The summed E-state index contributed by atoms with van der Waals surface area (Å²) in [7, 11) is 1.43. The minimum absolute atomic E-state index is 0.186. The van der Waals surface area contributed by atoms with Gasteiger partial charge < -0.3 is 10.5 Å². The van der Waals surface area contributed by atoms with Gasteiger partial charge in [-0.25, -0.2) is 4.98 Å². The Morgan fingerprint density at radius 3 is 3.26 bits per heavy atom. The van der Waals surface area contributed by atoms with Gasteiger partial charge in [0.25, 0.3) is 0 Å². The summed E-state index contributed by atoms with van der Waals surface area (Å²) in [5.41, 5.74) is 6.81. The standard InChI is InChI=1S/C12H16BrN3O2S/c1-18-12(17)10-7-19-3-2-16(10)6-8-4-9(13)5-15-11(8)14/h4-5,10H,2-3,6-7H2,1H3,(H2,14,15). The maximum atomic E-state index is 11.8. The molecule has 0 aromatic carbocycles. The fraction of sp³-hybridized carbons (Fsp3) is 0.500. The first kappa shape index (κ1) is 14.6. The number of pyridine rings is 1. The minimum atomic E-state index is -0.206. The Hall–Kier alpha value is -0.790. The van der Waals surface area contributed by atoms with E-state index in [-0.39, 0.29) is 12.0 Å². The third kappa shape index (κ3) is 3.61. The van der Waals surface area contributed by atoms with E-state index in [1.54, 1.807) is 18.0 Å². The van der Waals surface area contributed by atoms with Crippen molar-refractivity contribution < 1.29 is 9.53 Å². The van der Waals surface area contributed by atoms with Gasteiger partial charge >= 0.3 is 5.97 Å². The van der Waals surface area contributed by atoms with Gasteiger partial charge in [0, 0.05) is 40.8 Å². The van der Waals surface area contributed by atoms with E-state index in [9.17, 15) is 4.79 Å². The Morgan fingerprint density at radius 1 is 1.74 bits per heavy atom. The molecule has 104 valence electrons. The van der Waals surface area contributed by atoms with E-state index in [1.807, 2.05) is 6.07 Å². The number of carbonyl (C=O) groups excluding carboxylic acids is 1. The second-order valence-corrected chi connectivity index (χ2v) is 6.35. The Balaban J connectivity index is 2.15. The first-order chi connectivity index (χ1) is 9.11. The van der Waals surface area contributed by atoms with Crippen molar-refractivity contribution in [3.05, 3.63) is 22.3 Å². The molecular formula is C12H16BrN3O2S. The monoisotopic (exact) mass is 345 g/mol. The number of carbonyl (C=O) groups is 1. The predicted molar refractivity (Wildman–Crippen MR) is 79.9 cm³/mol. The molecule has 1 unspecified atom stereocenters. The zero-order valence-corrected chi connectivity index (χ0v) is 13.0. The lowest BCUT2D eigenvalue weighted by atomic mass is 10.2. The van der Waals surface area contributed by atoms with Crippen LogP contribution in [0, 0.1) is 0 Å². The molecule has 1 aliphatic rings. The van der Waals surface area contributed by atoms with E-state index in [2.05, 4.69) is 25.8 Å². The zero-order valence-electron chi connectivity index (χ0n) is 10.6. The molecule has 0 amide bonds. The summed E-state index contributed by atoms with van der Waals surface area (Å²) in [6.07, 6.45) is 1.67. The molecule has 7 heteroatoms. The highest BCUT2D eigenvalue weighted by atomic mass is 79.9. The molecule has 0 bridgehead atoms. The average Bonchev–Trinajstić information content (AvgIpc) is 2.42. The van der Waals surface area contributed by atoms with Crippen LogP contribution >= 0.6 is 27.7 Å². The van der Waals surface area contributed by atoms with E-state index >= 15 is 0 Å². The summed E-state index contributed by atoms with van der Waals surface area (Å²) in [4.78, 5) is 18.0. The van der Waals surface area contributed by atoms with Crippen LogP contribution in [-0.4, -0.2) is 47.1 Å². The third-order valence-electron chi connectivity index (χ3n) is 3.05. The van der Waals surface area contributed by atoms with Gasteiger partial charge in [0.2, 0.25) is 0 Å². The number of hydrogen-bond acceptors (Lipinski definition) is 6. The van der Waals surface area contributed by atoms with Gasteiger partial charge in [-0.2, -0.15) is 11.8 Å². The first-order valence-corrected chi connectivity index (χ1v) is 7.86. The topological polar surface area (TPSA) is 68.5 Å². The second-order valence-electron chi connectivity index (χ2n) is 4.28. The molecule has 2 heterocycles. The first-order valence-electron chi connectivity index (χ1n) is 5.91. The number of anilines is 1. The van der Waals surface area contributed by atoms with Gasteiger partial charge in [0.1, 0.15) is 11.9 Å². The Labute approximate surface area is 125 Å². The fourth-order valence-electron chi connectivity index (χ4n) is 2.02. The van der Waals surface area contributed by atoms with Gasteiger partial charge in [-0.3, -0.25) is 9.69 Å². The summed E-state index contributed by atoms with van der Waals surface area (Å²) in [5, 5.41) is 0. The second kappa shape index (κ2) is 6.58. The number of ether oxygens (including phenoxy) is 1. The Bertz CT molecular complexity index is 472. The summed E-state index contributed by atoms with van der Waals surface area (Å²) >= 11 is 5.16.